The minimum Gasteiger partial charge on any atom is -0.496 e. The molecule has 98 valence electrons. The Hall–Kier alpha value is -2.63. The molecule has 0 aliphatic rings. The molecule has 2 aromatic rings. The maximum Gasteiger partial charge on any atom is 0.341 e. The number of aryl methyl sites for hydroxylation is 1. The van der Waals surface area contributed by atoms with Gasteiger partial charge in [-0.05, 0) is 36.8 Å². The van der Waals surface area contributed by atoms with Crippen LogP contribution in [0.25, 0.3) is 11.3 Å². The second-order valence-corrected chi connectivity index (χ2v) is 3.99. The topological polar surface area (TPSA) is 92.3 Å². The Morgan fingerprint density at radius 2 is 2.11 bits per heavy atom. The van der Waals surface area contributed by atoms with Crippen molar-refractivity contribution in [1.82, 2.24) is 10.2 Å². The van der Waals surface area contributed by atoms with Gasteiger partial charge in [-0.15, -0.1) is 0 Å². The molecular weight excluding hydrogens is 248 g/mol. The van der Waals surface area contributed by atoms with Crippen molar-refractivity contribution in [2.45, 2.75) is 6.92 Å². The van der Waals surface area contributed by atoms with E-state index in [-0.39, 0.29) is 5.56 Å². The molecule has 0 atom stereocenters. The van der Waals surface area contributed by atoms with Crippen molar-refractivity contribution in [3.8, 4) is 17.0 Å². The number of aromatic nitrogens is 2. The molecule has 6 heteroatoms. The van der Waals surface area contributed by atoms with Crippen LogP contribution >= 0.6 is 0 Å². The average Bonchev–Trinajstić information content (AvgIpc) is 2.38. The number of benzene rings is 1. The zero-order chi connectivity index (χ0) is 14.0. The molecule has 0 amide bonds. The summed E-state index contributed by atoms with van der Waals surface area (Å²) < 4.78 is 5.14. The summed E-state index contributed by atoms with van der Waals surface area (Å²) in [5, 5.41) is 14.9. The second-order valence-electron chi connectivity index (χ2n) is 3.99. The van der Waals surface area contributed by atoms with Gasteiger partial charge in [0.05, 0.1) is 12.8 Å². The molecule has 0 aliphatic carbocycles. The van der Waals surface area contributed by atoms with E-state index in [0.717, 1.165) is 11.3 Å². The Balaban J connectivity index is 2.53. The molecule has 0 saturated carbocycles. The zero-order valence-corrected chi connectivity index (χ0v) is 10.4. The number of methoxy groups -OCH3 is 1. The van der Waals surface area contributed by atoms with Gasteiger partial charge in [-0.25, -0.2) is 9.89 Å². The van der Waals surface area contributed by atoms with Crippen molar-refractivity contribution in [2.24, 2.45) is 0 Å². The standard InChI is InChI=1S/C13H12N2O4/c1-7-5-8(3-4-11(7)19-2)10-6-9(13(17)18)12(16)15-14-10/h3-6H,1-2H3,(H,15,16)(H,17,18). The minimum atomic E-state index is -1.28. The average molecular weight is 260 g/mol. The third-order valence-corrected chi connectivity index (χ3v) is 2.72. The number of nitrogens with one attached hydrogen (secondary N) is 1. The summed E-state index contributed by atoms with van der Waals surface area (Å²) in [6, 6.07) is 6.57. The normalized spacial score (nSPS) is 10.2. The van der Waals surface area contributed by atoms with E-state index in [1.165, 1.54) is 6.07 Å². The molecule has 0 aliphatic heterocycles. The van der Waals surface area contributed by atoms with Crippen LogP contribution in [0.4, 0.5) is 0 Å². The molecule has 0 unspecified atom stereocenters. The van der Waals surface area contributed by atoms with E-state index in [2.05, 4.69) is 10.2 Å². The molecular formula is C13H12N2O4. The number of nitrogens with zero attached hydrogens (tertiary/aromatic N) is 1. The Kier molecular flexibility index (Phi) is 3.33. The molecule has 2 rings (SSSR count). The van der Waals surface area contributed by atoms with Crippen LogP contribution in [0.3, 0.4) is 0 Å². The molecule has 0 fully saturated rings. The first-order valence-electron chi connectivity index (χ1n) is 5.51. The second kappa shape index (κ2) is 4.93. The molecule has 6 nitrogen and oxygen atoms in total. The van der Waals surface area contributed by atoms with E-state index < -0.39 is 11.5 Å². The highest BCUT2D eigenvalue weighted by molar-refractivity contribution is 5.88. The van der Waals surface area contributed by atoms with Gasteiger partial charge in [-0.1, -0.05) is 0 Å². The van der Waals surface area contributed by atoms with E-state index in [9.17, 15) is 9.59 Å². The van der Waals surface area contributed by atoms with Gasteiger partial charge in [-0.2, -0.15) is 5.10 Å². The maximum absolute atomic E-state index is 11.3. The van der Waals surface area contributed by atoms with Gasteiger partial charge in [-0.3, -0.25) is 4.79 Å². The van der Waals surface area contributed by atoms with Crippen molar-refractivity contribution < 1.29 is 14.6 Å². The summed E-state index contributed by atoms with van der Waals surface area (Å²) in [5.41, 5.74) is 0.935. The van der Waals surface area contributed by atoms with Crippen LogP contribution in [0.15, 0.2) is 29.1 Å². The molecule has 0 bridgehead atoms. The van der Waals surface area contributed by atoms with Crippen LogP contribution in [0, 0.1) is 6.92 Å². The van der Waals surface area contributed by atoms with Crippen molar-refractivity contribution in [3.05, 3.63) is 45.7 Å². The summed E-state index contributed by atoms with van der Waals surface area (Å²) in [6.45, 7) is 1.87. The first-order chi connectivity index (χ1) is 9.02. The molecule has 1 aromatic heterocycles. The number of rotatable bonds is 3. The number of carboxylic acid groups (broad SMARTS) is 1. The fourth-order valence-electron chi connectivity index (χ4n) is 1.75. The summed E-state index contributed by atoms with van der Waals surface area (Å²) in [7, 11) is 1.57. The van der Waals surface area contributed by atoms with E-state index in [1.54, 1.807) is 19.2 Å². The van der Waals surface area contributed by atoms with E-state index in [1.807, 2.05) is 13.0 Å². The minimum absolute atomic E-state index is 0.335. The number of ether oxygens (including phenoxy) is 1. The van der Waals surface area contributed by atoms with Gasteiger partial charge >= 0.3 is 5.97 Å². The fourth-order valence-corrected chi connectivity index (χ4v) is 1.75. The van der Waals surface area contributed by atoms with E-state index in [4.69, 9.17) is 9.84 Å². The number of aromatic amines is 1. The largest absolute Gasteiger partial charge is 0.496 e. The molecule has 0 radical (unpaired) electrons. The third-order valence-electron chi connectivity index (χ3n) is 2.72. The zero-order valence-electron chi connectivity index (χ0n) is 10.4. The lowest BCUT2D eigenvalue weighted by Gasteiger charge is -2.07. The molecule has 19 heavy (non-hydrogen) atoms. The van der Waals surface area contributed by atoms with Crippen molar-refractivity contribution in [3.63, 3.8) is 0 Å². The van der Waals surface area contributed by atoms with Crippen LogP contribution < -0.4 is 10.3 Å². The van der Waals surface area contributed by atoms with Gasteiger partial charge in [0, 0.05) is 5.56 Å². The van der Waals surface area contributed by atoms with E-state index >= 15 is 0 Å². The molecule has 1 heterocycles. The van der Waals surface area contributed by atoms with Gasteiger partial charge in [0.25, 0.3) is 5.56 Å². The van der Waals surface area contributed by atoms with Gasteiger partial charge in [0.15, 0.2) is 0 Å². The van der Waals surface area contributed by atoms with Gasteiger partial charge in [0.1, 0.15) is 11.3 Å². The van der Waals surface area contributed by atoms with Crippen LogP contribution in [-0.2, 0) is 0 Å². The highest BCUT2D eigenvalue weighted by Crippen LogP contribution is 2.24. The fraction of sp³-hybridized carbons (Fsp3) is 0.154. The number of carbonyl (C=O) groups is 1. The van der Waals surface area contributed by atoms with Crippen LogP contribution in [0.2, 0.25) is 0 Å². The number of H-pyrrole nitrogens is 1. The van der Waals surface area contributed by atoms with Gasteiger partial charge < -0.3 is 9.84 Å². The van der Waals surface area contributed by atoms with Gasteiger partial charge in [0.2, 0.25) is 0 Å². The number of aromatic carboxylic acids is 1. The Morgan fingerprint density at radius 3 is 2.68 bits per heavy atom. The Labute approximate surface area is 108 Å². The molecule has 2 N–H and O–H groups in total. The highest BCUT2D eigenvalue weighted by Gasteiger charge is 2.12. The number of hydrogen-bond donors (Lipinski definition) is 2. The highest BCUT2D eigenvalue weighted by atomic mass is 16.5. The lowest BCUT2D eigenvalue weighted by molar-refractivity contribution is 0.0694. The van der Waals surface area contributed by atoms with Crippen LogP contribution in [0.1, 0.15) is 15.9 Å². The lowest BCUT2D eigenvalue weighted by Crippen LogP contribution is -2.18. The van der Waals surface area contributed by atoms with Crippen molar-refractivity contribution >= 4 is 5.97 Å². The summed E-state index contributed by atoms with van der Waals surface area (Å²) in [4.78, 5) is 22.2. The Morgan fingerprint density at radius 1 is 1.37 bits per heavy atom. The van der Waals surface area contributed by atoms with Crippen LogP contribution in [0.5, 0.6) is 5.75 Å². The first-order valence-corrected chi connectivity index (χ1v) is 5.51. The SMILES string of the molecule is COc1ccc(-c2cc(C(=O)O)c(=O)[nH]n2)cc1C. The van der Waals surface area contributed by atoms with Crippen LogP contribution in [-0.4, -0.2) is 28.4 Å². The number of carboxylic acids is 1. The first kappa shape index (κ1) is 12.8. The maximum atomic E-state index is 11.3. The third kappa shape index (κ3) is 2.47. The molecule has 0 saturated heterocycles. The molecule has 0 spiro atoms. The lowest BCUT2D eigenvalue weighted by atomic mass is 10.1. The predicted octanol–water partition coefficient (Wildman–Crippen LogP) is 1.45. The van der Waals surface area contributed by atoms with Crippen molar-refractivity contribution in [1.29, 1.82) is 0 Å². The monoisotopic (exact) mass is 260 g/mol. The van der Waals surface area contributed by atoms with E-state index in [0.29, 0.717) is 11.3 Å². The summed E-state index contributed by atoms with van der Waals surface area (Å²) in [5.74, 6) is -0.554. The summed E-state index contributed by atoms with van der Waals surface area (Å²) >= 11 is 0. The number of hydrogen-bond acceptors (Lipinski definition) is 4. The smallest absolute Gasteiger partial charge is 0.341 e. The summed E-state index contributed by atoms with van der Waals surface area (Å²) in [6.07, 6.45) is 0. The van der Waals surface area contributed by atoms with Crippen molar-refractivity contribution in [2.75, 3.05) is 7.11 Å². The Bertz CT molecular complexity index is 691. The quantitative estimate of drug-likeness (QED) is 0.871. The molecule has 1 aromatic carbocycles. The predicted molar refractivity (Wildman–Crippen MR) is 68.5 cm³/mol.